The van der Waals surface area contributed by atoms with Crippen molar-refractivity contribution >= 4 is 0 Å². The van der Waals surface area contributed by atoms with E-state index in [0.717, 1.165) is 6.42 Å². The van der Waals surface area contributed by atoms with Crippen LogP contribution in [0.15, 0.2) is 11.6 Å². The van der Waals surface area contributed by atoms with Crippen molar-refractivity contribution in [1.82, 2.24) is 0 Å². The first-order chi connectivity index (χ1) is 7.84. The zero-order valence-electron chi connectivity index (χ0n) is 11.5. The molecule has 2 N–H and O–H groups in total. The van der Waals surface area contributed by atoms with Crippen LogP contribution in [0, 0.1) is 23.7 Å². The molecule has 0 radical (unpaired) electrons. The number of hydrogen-bond acceptors (Lipinski definition) is 2. The van der Waals surface area contributed by atoms with Crippen molar-refractivity contribution in [2.24, 2.45) is 23.7 Å². The number of aliphatic hydroxyl groups is 2. The second-order valence-electron chi connectivity index (χ2n) is 6.58. The average molecular weight is 238 g/mol. The third-order valence-electron chi connectivity index (χ3n) is 5.06. The fourth-order valence-electron chi connectivity index (χ4n) is 3.61. The van der Waals surface area contributed by atoms with Crippen molar-refractivity contribution in [3.63, 3.8) is 0 Å². The van der Waals surface area contributed by atoms with Gasteiger partial charge in [0.15, 0.2) is 0 Å². The Balaban J connectivity index is 2.36. The summed E-state index contributed by atoms with van der Waals surface area (Å²) < 4.78 is 0. The molecule has 5 atom stereocenters. The fraction of sp³-hybridized carbons (Fsp3) is 0.867. The van der Waals surface area contributed by atoms with Crippen LogP contribution in [0.5, 0.6) is 0 Å². The Morgan fingerprint density at radius 3 is 2.59 bits per heavy atom. The molecule has 98 valence electrons. The Labute approximate surface area is 105 Å². The maximum atomic E-state index is 10.6. The van der Waals surface area contributed by atoms with Crippen molar-refractivity contribution in [1.29, 1.82) is 0 Å². The summed E-state index contributed by atoms with van der Waals surface area (Å²) in [5.74, 6) is 1.76. The third-order valence-corrected chi connectivity index (χ3v) is 5.06. The number of aliphatic hydroxyl groups excluding tert-OH is 1. The highest BCUT2D eigenvalue weighted by molar-refractivity contribution is 5.18. The van der Waals surface area contributed by atoms with Crippen LogP contribution in [-0.4, -0.2) is 21.9 Å². The number of allylic oxidation sites excluding steroid dienone is 1. The molecule has 0 aliphatic heterocycles. The van der Waals surface area contributed by atoms with Gasteiger partial charge in [0.1, 0.15) is 0 Å². The van der Waals surface area contributed by atoms with Crippen molar-refractivity contribution in [2.45, 2.75) is 58.7 Å². The lowest BCUT2D eigenvalue weighted by atomic mass is 9.77. The minimum atomic E-state index is -0.928. The van der Waals surface area contributed by atoms with Gasteiger partial charge in [-0.25, -0.2) is 0 Å². The van der Waals surface area contributed by atoms with Crippen LogP contribution in [0.3, 0.4) is 0 Å². The van der Waals surface area contributed by atoms with Crippen molar-refractivity contribution in [2.75, 3.05) is 0 Å². The largest absolute Gasteiger partial charge is 0.390 e. The van der Waals surface area contributed by atoms with Gasteiger partial charge in [0.25, 0.3) is 0 Å². The number of hydrogen-bond donors (Lipinski definition) is 2. The number of rotatable bonds is 1. The molecule has 2 rings (SSSR count). The highest BCUT2D eigenvalue weighted by Gasteiger charge is 2.48. The maximum absolute atomic E-state index is 10.6. The molecule has 0 aromatic heterocycles. The van der Waals surface area contributed by atoms with Gasteiger partial charge in [0.05, 0.1) is 11.7 Å². The van der Waals surface area contributed by atoms with E-state index in [-0.39, 0.29) is 5.92 Å². The standard InChI is InChI=1S/C15H26O2/c1-9(2)11-7-12-10(3)5-6-13(12)15(4,17)14(16)8-11/h7,9-10,12-14,16-17H,5-6,8H2,1-4H3/t10-,12-,13-,14-,15+/m1/s1. The summed E-state index contributed by atoms with van der Waals surface area (Å²) in [5.41, 5.74) is 0.391. The van der Waals surface area contributed by atoms with E-state index in [2.05, 4.69) is 26.8 Å². The highest BCUT2D eigenvalue weighted by atomic mass is 16.3. The Hall–Kier alpha value is -0.340. The van der Waals surface area contributed by atoms with E-state index in [1.54, 1.807) is 0 Å². The molecule has 2 aliphatic rings. The lowest BCUT2D eigenvalue weighted by Crippen LogP contribution is -2.46. The molecule has 0 bridgehead atoms. The SMILES string of the molecule is CC(C)C1=C[C@@H]2[C@H](C)CC[C@H]2[C@](C)(O)[C@H](O)C1. The summed E-state index contributed by atoms with van der Waals surface area (Å²) >= 11 is 0. The molecule has 17 heavy (non-hydrogen) atoms. The average Bonchev–Trinajstić information content (AvgIpc) is 2.54. The van der Waals surface area contributed by atoms with Crippen molar-refractivity contribution in [3.05, 3.63) is 11.6 Å². The first kappa shape index (κ1) is 13.1. The van der Waals surface area contributed by atoms with Crippen LogP contribution in [0.25, 0.3) is 0 Å². The van der Waals surface area contributed by atoms with Gasteiger partial charge in [-0.05, 0) is 49.9 Å². The van der Waals surface area contributed by atoms with E-state index in [4.69, 9.17) is 0 Å². The van der Waals surface area contributed by atoms with Gasteiger partial charge in [-0.15, -0.1) is 0 Å². The summed E-state index contributed by atoms with van der Waals surface area (Å²) in [4.78, 5) is 0. The monoisotopic (exact) mass is 238 g/mol. The summed E-state index contributed by atoms with van der Waals surface area (Å²) in [5, 5.41) is 20.9. The Morgan fingerprint density at radius 2 is 2.00 bits per heavy atom. The third kappa shape index (κ3) is 2.17. The van der Waals surface area contributed by atoms with Gasteiger partial charge in [0.2, 0.25) is 0 Å². The molecule has 0 aromatic rings. The normalized spacial score (nSPS) is 46.6. The molecular weight excluding hydrogens is 212 g/mol. The second kappa shape index (κ2) is 4.40. The molecule has 0 spiro atoms. The highest BCUT2D eigenvalue weighted by Crippen LogP contribution is 2.48. The molecule has 0 amide bonds. The molecule has 1 saturated carbocycles. The van der Waals surface area contributed by atoms with Gasteiger partial charge in [-0.1, -0.05) is 32.4 Å². The van der Waals surface area contributed by atoms with E-state index in [1.807, 2.05) is 6.92 Å². The molecule has 0 saturated heterocycles. The lowest BCUT2D eigenvalue weighted by Gasteiger charge is -2.36. The van der Waals surface area contributed by atoms with Gasteiger partial charge in [-0.2, -0.15) is 0 Å². The minimum Gasteiger partial charge on any atom is -0.390 e. The molecule has 0 aromatic carbocycles. The molecule has 2 heteroatoms. The molecule has 2 aliphatic carbocycles. The van der Waals surface area contributed by atoms with E-state index >= 15 is 0 Å². The topological polar surface area (TPSA) is 40.5 Å². The molecule has 2 nitrogen and oxygen atoms in total. The first-order valence-electron chi connectivity index (χ1n) is 6.95. The van der Waals surface area contributed by atoms with Crippen LogP contribution < -0.4 is 0 Å². The van der Waals surface area contributed by atoms with Gasteiger partial charge in [0, 0.05) is 0 Å². The van der Waals surface area contributed by atoms with Crippen LogP contribution in [-0.2, 0) is 0 Å². The quantitative estimate of drug-likeness (QED) is 0.690. The maximum Gasteiger partial charge on any atom is 0.0914 e. The van der Waals surface area contributed by atoms with E-state index < -0.39 is 11.7 Å². The molecule has 1 fully saturated rings. The van der Waals surface area contributed by atoms with Crippen molar-refractivity contribution < 1.29 is 10.2 Å². The van der Waals surface area contributed by atoms with Crippen LogP contribution in [0.2, 0.25) is 0 Å². The predicted molar refractivity (Wildman–Crippen MR) is 69.5 cm³/mol. The molecule has 0 unspecified atom stereocenters. The van der Waals surface area contributed by atoms with Gasteiger partial charge < -0.3 is 10.2 Å². The van der Waals surface area contributed by atoms with Gasteiger partial charge >= 0.3 is 0 Å². The molecular formula is C15H26O2. The van der Waals surface area contributed by atoms with E-state index in [0.29, 0.717) is 24.2 Å². The predicted octanol–water partition coefficient (Wildman–Crippen LogP) is 2.75. The number of fused-ring (bicyclic) bond motifs is 1. The van der Waals surface area contributed by atoms with Crippen LogP contribution in [0.1, 0.15) is 47.0 Å². The van der Waals surface area contributed by atoms with Gasteiger partial charge in [-0.3, -0.25) is 0 Å². The fourth-order valence-corrected chi connectivity index (χ4v) is 3.61. The van der Waals surface area contributed by atoms with Crippen LogP contribution in [0.4, 0.5) is 0 Å². The minimum absolute atomic E-state index is 0.226. The van der Waals surface area contributed by atoms with E-state index in [9.17, 15) is 10.2 Å². The van der Waals surface area contributed by atoms with Crippen molar-refractivity contribution in [3.8, 4) is 0 Å². The Bertz CT molecular complexity index is 317. The summed E-state index contributed by atoms with van der Waals surface area (Å²) in [6.07, 6.45) is 4.58. The van der Waals surface area contributed by atoms with E-state index in [1.165, 1.54) is 12.0 Å². The Morgan fingerprint density at radius 1 is 1.35 bits per heavy atom. The first-order valence-corrected chi connectivity index (χ1v) is 6.95. The second-order valence-corrected chi connectivity index (χ2v) is 6.58. The van der Waals surface area contributed by atoms with Crippen LogP contribution >= 0.6 is 0 Å². The smallest absolute Gasteiger partial charge is 0.0914 e. The zero-order chi connectivity index (χ0) is 12.8. The Kier molecular flexibility index (Phi) is 3.39. The summed E-state index contributed by atoms with van der Waals surface area (Å²) in [7, 11) is 0. The molecule has 0 heterocycles. The lowest BCUT2D eigenvalue weighted by molar-refractivity contribution is -0.104. The summed E-state index contributed by atoms with van der Waals surface area (Å²) in [6, 6.07) is 0. The summed E-state index contributed by atoms with van der Waals surface area (Å²) in [6.45, 7) is 8.44. The zero-order valence-corrected chi connectivity index (χ0v) is 11.5.